The summed E-state index contributed by atoms with van der Waals surface area (Å²) >= 11 is 0. The third-order valence-electron chi connectivity index (χ3n) is 3.34. The number of Topliss-reactive ketones (excluding diaryl/α,β-unsaturated/α-hetero) is 1. The van der Waals surface area contributed by atoms with Gasteiger partial charge in [0.2, 0.25) is 0 Å². The molecule has 3 nitrogen and oxygen atoms in total. The smallest absolute Gasteiger partial charge is 0.195 e. The van der Waals surface area contributed by atoms with Gasteiger partial charge in [-0.05, 0) is 25.0 Å². The number of carbonyl (C=O) groups excluding carboxylic acids is 1. The molecule has 2 rings (SSSR count). The van der Waals surface area contributed by atoms with Gasteiger partial charge < -0.3 is 5.73 Å². The second-order valence-electron chi connectivity index (χ2n) is 4.76. The number of hydrogen-bond donors (Lipinski definition) is 1. The zero-order chi connectivity index (χ0) is 14.0. The molecule has 0 bridgehead atoms. The minimum Gasteiger partial charge on any atom is -0.328 e. The molecule has 0 aliphatic carbocycles. The highest BCUT2D eigenvalue weighted by atomic mass is 19.2. The molecular weight excluding hydrogens is 257 g/mol. The van der Waals surface area contributed by atoms with Crippen LogP contribution >= 0.6 is 0 Å². The van der Waals surface area contributed by atoms with Crippen molar-refractivity contribution < 1.29 is 18.0 Å². The Morgan fingerprint density at radius 1 is 1.21 bits per heavy atom. The van der Waals surface area contributed by atoms with E-state index in [2.05, 4.69) is 0 Å². The van der Waals surface area contributed by atoms with Crippen molar-refractivity contribution in [1.29, 1.82) is 0 Å². The summed E-state index contributed by atoms with van der Waals surface area (Å²) in [4.78, 5) is 13.7. The van der Waals surface area contributed by atoms with Gasteiger partial charge >= 0.3 is 0 Å². The number of likely N-dealkylation sites (tertiary alicyclic amines) is 1. The van der Waals surface area contributed by atoms with E-state index in [0.717, 1.165) is 25.0 Å². The van der Waals surface area contributed by atoms with E-state index in [-0.39, 0.29) is 12.6 Å². The number of ketones is 1. The lowest BCUT2D eigenvalue weighted by atomic mass is 10.0. The average Bonchev–Trinajstić information content (AvgIpc) is 2.39. The fourth-order valence-corrected chi connectivity index (χ4v) is 2.14. The number of halogens is 3. The van der Waals surface area contributed by atoms with Gasteiger partial charge in [0.1, 0.15) is 0 Å². The van der Waals surface area contributed by atoms with Gasteiger partial charge in [-0.2, -0.15) is 0 Å². The maximum Gasteiger partial charge on any atom is 0.195 e. The molecule has 0 atom stereocenters. The first-order chi connectivity index (χ1) is 8.99. The zero-order valence-corrected chi connectivity index (χ0v) is 10.3. The number of rotatable bonds is 3. The van der Waals surface area contributed by atoms with Crippen LogP contribution in [0.25, 0.3) is 0 Å². The van der Waals surface area contributed by atoms with Gasteiger partial charge in [-0.3, -0.25) is 9.69 Å². The Bertz CT molecular complexity index is 485. The van der Waals surface area contributed by atoms with E-state index in [9.17, 15) is 18.0 Å². The lowest BCUT2D eigenvalue weighted by molar-refractivity contribution is 0.0904. The van der Waals surface area contributed by atoms with Crippen molar-refractivity contribution in [3.05, 3.63) is 35.1 Å². The normalized spacial score (nSPS) is 17.7. The minimum absolute atomic E-state index is 0.00525. The van der Waals surface area contributed by atoms with Crippen molar-refractivity contribution in [2.24, 2.45) is 5.73 Å². The molecular formula is C13H15F3N2O. The number of hydrogen-bond acceptors (Lipinski definition) is 3. The molecule has 2 N–H and O–H groups in total. The second kappa shape index (κ2) is 5.71. The maximum absolute atomic E-state index is 13.5. The Kier molecular flexibility index (Phi) is 4.21. The van der Waals surface area contributed by atoms with E-state index in [0.29, 0.717) is 13.1 Å². The van der Waals surface area contributed by atoms with Crippen LogP contribution in [0.5, 0.6) is 0 Å². The largest absolute Gasteiger partial charge is 0.328 e. The molecule has 6 heteroatoms. The van der Waals surface area contributed by atoms with Crippen LogP contribution in [0.2, 0.25) is 0 Å². The van der Waals surface area contributed by atoms with Crippen molar-refractivity contribution in [3.63, 3.8) is 0 Å². The Balaban J connectivity index is 2.06. The van der Waals surface area contributed by atoms with Crippen LogP contribution in [0.15, 0.2) is 12.1 Å². The molecule has 1 saturated heterocycles. The number of benzene rings is 1. The van der Waals surface area contributed by atoms with Crippen LogP contribution in [0, 0.1) is 17.5 Å². The van der Waals surface area contributed by atoms with E-state index in [1.54, 1.807) is 0 Å². The summed E-state index contributed by atoms with van der Waals surface area (Å²) in [5.41, 5.74) is 5.33. The third kappa shape index (κ3) is 3.13. The average molecular weight is 272 g/mol. The van der Waals surface area contributed by atoms with Gasteiger partial charge in [0, 0.05) is 19.1 Å². The lowest BCUT2D eigenvalue weighted by Gasteiger charge is -2.29. The minimum atomic E-state index is -1.61. The van der Waals surface area contributed by atoms with Crippen LogP contribution in [-0.4, -0.2) is 36.4 Å². The quantitative estimate of drug-likeness (QED) is 0.673. The first-order valence-corrected chi connectivity index (χ1v) is 6.13. The number of nitrogens with two attached hydrogens (primary N) is 1. The predicted octanol–water partition coefficient (Wildman–Crippen LogP) is 1.71. The Morgan fingerprint density at radius 2 is 1.84 bits per heavy atom. The van der Waals surface area contributed by atoms with E-state index < -0.39 is 28.8 Å². The van der Waals surface area contributed by atoms with Crippen molar-refractivity contribution in [2.75, 3.05) is 19.6 Å². The summed E-state index contributed by atoms with van der Waals surface area (Å²) in [5.74, 6) is -4.87. The molecule has 0 aromatic heterocycles. The highest BCUT2D eigenvalue weighted by Gasteiger charge is 2.22. The van der Waals surface area contributed by atoms with Gasteiger partial charge in [0.25, 0.3) is 0 Å². The van der Waals surface area contributed by atoms with Crippen molar-refractivity contribution in [1.82, 2.24) is 4.90 Å². The van der Waals surface area contributed by atoms with E-state index in [4.69, 9.17) is 5.73 Å². The number of nitrogens with zero attached hydrogens (tertiary/aromatic N) is 1. The van der Waals surface area contributed by atoms with E-state index >= 15 is 0 Å². The van der Waals surface area contributed by atoms with Gasteiger partial charge in [-0.25, -0.2) is 13.2 Å². The Labute approximate surface area is 109 Å². The molecule has 1 aliphatic heterocycles. The third-order valence-corrected chi connectivity index (χ3v) is 3.34. The monoisotopic (exact) mass is 272 g/mol. The standard InChI is InChI=1S/C13H15F3N2O/c14-10-2-1-9(12(15)13(10)16)11(19)7-18-5-3-8(17)4-6-18/h1-2,8H,3-7,17H2. The zero-order valence-electron chi connectivity index (χ0n) is 10.3. The topological polar surface area (TPSA) is 46.3 Å². The van der Waals surface area contributed by atoms with Crippen LogP contribution in [0.3, 0.4) is 0 Å². The van der Waals surface area contributed by atoms with Crippen LogP contribution in [-0.2, 0) is 0 Å². The number of carbonyl (C=O) groups is 1. The molecule has 104 valence electrons. The molecule has 0 spiro atoms. The summed E-state index contributed by atoms with van der Waals surface area (Å²) in [6.45, 7) is 1.30. The summed E-state index contributed by atoms with van der Waals surface area (Å²) < 4.78 is 39.3. The molecule has 1 fully saturated rings. The second-order valence-corrected chi connectivity index (χ2v) is 4.76. The van der Waals surface area contributed by atoms with Crippen molar-refractivity contribution in [2.45, 2.75) is 18.9 Å². The van der Waals surface area contributed by atoms with Crippen LogP contribution in [0.4, 0.5) is 13.2 Å². The molecule has 0 radical (unpaired) electrons. The van der Waals surface area contributed by atoms with Crippen LogP contribution in [0.1, 0.15) is 23.2 Å². The lowest BCUT2D eigenvalue weighted by Crippen LogP contribution is -2.42. The summed E-state index contributed by atoms with van der Waals surface area (Å²) in [5, 5.41) is 0. The fourth-order valence-electron chi connectivity index (χ4n) is 2.14. The van der Waals surface area contributed by atoms with Crippen molar-refractivity contribution in [3.8, 4) is 0 Å². The Hall–Kier alpha value is -1.40. The molecule has 19 heavy (non-hydrogen) atoms. The highest BCUT2D eigenvalue weighted by molar-refractivity contribution is 5.97. The molecule has 0 unspecified atom stereocenters. The highest BCUT2D eigenvalue weighted by Crippen LogP contribution is 2.17. The van der Waals surface area contributed by atoms with Crippen LogP contribution < -0.4 is 5.73 Å². The SMILES string of the molecule is NC1CCN(CC(=O)c2ccc(F)c(F)c2F)CC1. The summed E-state index contributed by atoms with van der Waals surface area (Å²) in [6, 6.07) is 1.87. The van der Waals surface area contributed by atoms with Gasteiger partial charge in [0.15, 0.2) is 23.2 Å². The first-order valence-electron chi connectivity index (χ1n) is 6.13. The van der Waals surface area contributed by atoms with Gasteiger partial charge in [-0.1, -0.05) is 0 Å². The van der Waals surface area contributed by atoms with Gasteiger partial charge in [0.05, 0.1) is 12.1 Å². The molecule has 0 amide bonds. The molecule has 1 aromatic carbocycles. The van der Waals surface area contributed by atoms with E-state index in [1.165, 1.54) is 0 Å². The summed E-state index contributed by atoms with van der Waals surface area (Å²) in [7, 11) is 0. The Morgan fingerprint density at radius 3 is 2.47 bits per heavy atom. The number of piperidine rings is 1. The molecule has 0 saturated carbocycles. The maximum atomic E-state index is 13.5. The predicted molar refractivity (Wildman–Crippen MR) is 64.3 cm³/mol. The van der Waals surface area contributed by atoms with Gasteiger partial charge in [-0.15, -0.1) is 0 Å². The first kappa shape index (κ1) is 14.0. The fraction of sp³-hybridized carbons (Fsp3) is 0.462. The molecule has 1 aliphatic rings. The summed E-state index contributed by atoms with van der Waals surface area (Å²) in [6.07, 6.45) is 1.54. The molecule has 1 heterocycles. The molecule has 1 aromatic rings. The van der Waals surface area contributed by atoms with E-state index in [1.807, 2.05) is 4.90 Å². The van der Waals surface area contributed by atoms with Crippen molar-refractivity contribution >= 4 is 5.78 Å².